The van der Waals surface area contributed by atoms with Crippen molar-refractivity contribution in [2.45, 2.75) is 12.4 Å². The Labute approximate surface area is 92.5 Å². The van der Waals surface area contributed by atoms with Crippen molar-refractivity contribution in [1.82, 2.24) is 21.1 Å². The highest BCUT2D eigenvalue weighted by Gasteiger charge is 2.49. The van der Waals surface area contributed by atoms with Gasteiger partial charge in [-0.05, 0) is 0 Å². The third-order valence-electron chi connectivity index (χ3n) is 2.42. The SMILES string of the molecule is CC(Cl)[N+]1(c2ccccc2)NNNC1=O. The second-order valence-corrected chi connectivity index (χ2v) is 3.93. The zero-order valence-corrected chi connectivity index (χ0v) is 8.95. The Morgan fingerprint density at radius 1 is 1.33 bits per heavy atom. The summed E-state index contributed by atoms with van der Waals surface area (Å²) in [5.41, 5.74) is 8.24. The van der Waals surface area contributed by atoms with E-state index in [4.69, 9.17) is 11.6 Å². The summed E-state index contributed by atoms with van der Waals surface area (Å²) >= 11 is 6.08. The van der Waals surface area contributed by atoms with Crippen LogP contribution in [-0.2, 0) is 0 Å². The van der Waals surface area contributed by atoms with Gasteiger partial charge in [-0.15, -0.1) is 10.1 Å². The van der Waals surface area contributed by atoms with E-state index in [9.17, 15) is 4.79 Å². The number of hydrogen-bond acceptors (Lipinski definition) is 3. The number of hydrazine groups is 2. The highest BCUT2D eigenvalue weighted by atomic mass is 35.5. The van der Waals surface area contributed by atoms with Gasteiger partial charge in [-0.3, -0.25) is 0 Å². The second kappa shape index (κ2) is 3.79. The molecule has 1 aliphatic rings. The molecule has 1 aromatic rings. The van der Waals surface area contributed by atoms with Crippen LogP contribution in [0.1, 0.15) is 6.92 Å². The number of carbonyl (C=O) groups is 1. The molecule has 0 spiro atoms. The van der Waals surface area contributed by atoms with Crippen molar-refractivity contribution in [3.63, 3.8) is 0 Å². The summed E-state index contributed by atoms with van der Waals surface area (Å²) in [5, 5.41) is 0. The quantitative estimate of drug-likeness (QED) is 0.405. The monoisotopic (exact) mass is 227 g/mol. The van der Waals surface area contributed by atoms with Gasteiger partial charge in [-0.1, -0.05) is 35.3 Å². The van der Waals surface area contributed by atoms with E-state index in [1.54, 1.807) is 6.92 Å². The van der Waals surface area contributed by atoms with Gasteiger partial charge in [0, 0.05) is 19.1 Å². The number of hydrogen-bond donors (Lipinski definition) is 3. The van der Waals surface area contributed by atoms with Gasteiger partial charge in [-0.25, -0.2) is 10.2 Å². The van der Waals surface area contributed by atoms with Crippen LogP contribution in [0, 0.1) is 0 Å². The van der Waals surface area contributed by atoms with Crippen LogP contribution in [-0.4, -0.2) is 11.5 Å². The maximum atomic E-state index is 11.8. The van der Waals surface area contributed by atoms with Crippen LogP contribution < -0.4 is 21.1 Å². The molecule has 2 unspecified atom stereocenters. The molecular weight excluding hydrogens is 216 g/mol. The fraction of sp³-hybridized carbons (Fsp3) is 0.222. The fourth-order valence-electron chi connectivity index (χ4n) is 1.61. The van der Waals surface area contributed by atoms with E-state index in [0.717, 1.165) is 5.69 Å². The van der Waals surface area contributed by atoms with E-state index >= 15 is 0 Å². The van der Waals surface area contributed by atoms with Crippen LogP contribution in [0.2, 0.25) is 0 Å². The third-order valence-corrected chi connectivity index (χ3v) is 2.71. The molecule has 0 saturated carbocycles. The molecule has 0 bridgehead atoms. The van der Waals surface area contributed by atoms with Crippen molar-refractivity contribution >= 4 is 23.3 Å². The molecule has 80 valence electrons. The zero-order chi connectivity index (χ0) is 10.9. The Bertz CT molecular complexity index is 370. The lowest BCUT2D eigenvalue weighted by molar-refractivity contribution is 0.193. The molecule has 1 heterocycles. The minimum absolute atomic E-state index is 0.164. The average Bonchev–Trinajstić information content (AvgIpc) is 2.62. The molecule has 0 aliphatic carbocycles. The molecule has 3 N–H and O–H groups in total. The van der Waals surface area contributed by atoms with Crippen LogP contribution in [0.5, 0.6) is 0 Å². The molecule has 15 heavy (non-hydrogen) atoms. The van der Waals surface area contributed by atoms with Crippen LogP contribution in [0.3, 0.4) is 0 Å². The number of amides is 2. The zero-order valence-electron chi connectivity index (χ0n) is 8.20. The lowest BCUT2D eigenvalue weighted by Crippen LogP contribution is -2.62. The summed E-state index contributed by atoms with van der Waals surface area (Å²) in [7, 11) is 0. The molecule has 5 nitrogen and oxygen atoms in total. The van der Waals surface area contributed by atoms with Crippen LogP contribution >= 0.6 is 11.6 Å². The van der Waals surface area contributed by atoms with Crippen molar-refractivity contribution < 1.29 is 4.79 Å². The number of carbonyl (C=O) groups excluding carboxylic acids is 1. The van der Waals surface area contributed by atoms with E-state index in [1.807, 2.05) is 30.3 Å². The standard InChI is InChI=1S/C9H11ClN4O/c1-7(10)14(9(15)11-12-13-14)8-5-3-2-4-6-8/h2-7,12-13H,1H3/p+1. The largest absolute Gasteiger partial charge is 0.459 e. The lowest BCUT2D eigenvalue weighted by atomic mass is 10.3. The Morgan fingerprint density at radius 3 is 2.47 bits per heavy atom. The van der Waals surface area contributed by atoms with Crippen molar-refractivity contribution in [2.24, 2.45) is 0 Å². The minimum Gasteiger partial charge on any atom is -0.220 e. The molecule has 6 heteroatoms. The summed E-state index contributed by atoms with van der Waals surface area (Å²) in [6.07, 6.45) is 0. The average molecular weight is 228 g/mol. The van der Waals surface area contributed by atoms with Gasteiger partial charge in [0.2, 0.25) is 0 Å². The highest BCUT2D eigenvalue weighted by molar-refractivity contribution is 6.22. The molecular formula is C9H12ClN4O+. The maximum absolute atomic E-state index is 11.8. The predicted octanol–water partition coefficient (Wildman–Crippen LogP) is 1.23. The Kier molecular flexibility index (Phi) is 2.62. The summed E-state index contributed by atoms with van der Waals surface area (Å²) in [6, 6.07) is 9.07. The number of urea groups is 1. The van der Waals surface area contributed by atoms with Crippen LogP contribution in [0.15, 0.2) is 30.3 Å². The van der Waals surface area contributed by atoms with Crippen molar-refractivity contribution in [1.29, 1.82) is 0 Å². The Balaban J connectivity index is 2.49. The predicted molar refractivity (Wildman–Crippen MR) is 58.4 cm³/mol. The summed E-state index contributed by atoms with van der Waals surface area (Å²) in [5.74, 6) is 0. The number of benzene rings is 1. The number of nitrogens with zero attached hydrogens (tertiary/aromatic N) is 1. The van der Waals surface area contributed by atoms with Crippen LogP contribution in [0.4, 0.5) is 10.5 Å². The molecule has 0 aromatic heterocycles. The van der Waals surface area contributed by atoms with E-state index < -0.39 is 5.50 Å². The number of alkyl halides is 1. The van der Waals surface area contributed by atoms with Gasteiger partial charge in [0.05, 0.1) is 0 Å². The first-order chi connectivity index (χ1) is 7.18. The van der Waals surface area contributed by atoms with Crippen LogP contribution in [0.25, 0.3) is 0 Å². The van der Waals surface area contributed by atoms with Gasteiger partial charge in [0.15, 0.2) is 11.2 Å². The minimum atomic E-state index is -0.428. The lowest BCUT2D eigenvalue weighted by Gasteiger charge is -2.28. The summed E-state index contributed by atoms with van der Waals surface area (Å²) < 4.78 is -0.164. The number of quaternary nitrogens is 1. The smallest absolute Gasteiger partial charge is 0.220 e. The molecule has 2 atom stereocenters. The van der Waals surface area contributed by atoms with E-state index in [1.165, 1.54) is 0 Å². The number of nitrogens with one attached hydrogen (secondary N) is 3. The molecule has 1 saturated heterocycles. The number of rotatable bonds is 2. The first kappa shape index (κ1) is 10.4. The van der Waals surface area contributed by atoms with E-state index in [2.05, 4.69) is 16.5 Å². The third kappa shape index (κ3) is 1.49. The normalized spacial score (nSPS) is 27.5. The highest BCUT2D eigenvalue weighted by Crippen LogP contribution is 2.26. The van der Waals surface area contributed by atoms with E-state index in [-0.39, 0.29) is 10.6 Å². The first-order valence-corrected chi connectivity index (χ1v) is 5.03. The van der Waals surface area contributed by atoms with Gasteiger partial charge in [0.25, 0.3) is 0 Å². The van der Waals surface area contributed by atoms with Gasteiger partial charge < -0.3 is 0 Å². The number of para-hydroxylation sites is 1. The summed E-state index contributed by atoms with van der Waals surface area (Å²) in [6.45, 7) is 1.76. The van der Waals surface area contributed by atoms with Gasteiger partial charge in [-0.2, -0.15) is 0 Å². The van der Waals surface area contributed by atoms with Crippen molar-refractivity contribution in [3.05, 3.63) is 30.3 Å². The fourth-order valence-corrected chi connectivity index (χ4v) is 1.86. The maximum Gasteiger partial charge on any atom is 0.459 e. The Morgan fingerprint density at radius 2 is 2.00 bits per heavy atom. The topological polar surface area (TPSA) is 53.2 Å². The molecule has 2 amide bonds. The second-order valence-electron chi connectivity index (χ2n) is 3.30. The summed E-state index contributed by atoms with van der Waals surface area (Å²) in [4.78, 5) is 11.8. The van der Waals surface area contributed by atoms with Gasteiger partial charge >= 0.3 is 6.03 Å². The Hall–Kier alpha value is -1.14. The molecule has 1 aliphatic heterocycles. The van der Waals surface area contributed by atoms with Crippen molar-refractivity contribution in [2.75, 3.05) is 0 Å². The molecule has 0 radical (unpaired) electrons. The van der Waals surface area contributed by atoms with Crippen molar-refractivity contribution in [3.8, 4) is 0 Å². The van der Waals surface area contributed by atoms with Gasteiger partial charge in [0.1, 0.15) is 0 Å². The van der Waals surface area contributed by atoms with E-state index in [0.29, 0.717) is 0 Å². The first-order valence-electron chi connectivity index (χ1n) is 4.59. The molecule has 2 rings (SSSR count). The number of halogens is 1. The molecule has 1 fully saturated rings. The molecule has 1 aromatic carbocycles.